The van der Waals surface area contributed by atoms with E-state index in [0.29, 0.717) is 0 Å². The van der Waals surface area contributed by atoms with E-state index >= 15 is 0 Å². The van der Waals surface area contributed by atoms with Crippen LogP contribution in [0.25, 0.3) is 0 Å². The van der Waals surface area contributed by atoms with Gasteiger partial charge in [0, 0.05) is 0 Å². The van der Waals surface area contributed by atoms with E-state index in [2.05, 4.69) is 5.32 Å². The SMILES string of the molecule is Cl.Fc1cc2c(cc1F)C1C=CC2N1. The quantitative estimate of drug-likeness (QED) is 0.656. The van der Waals surface area contributed by atoms with Crippen LogP contribution < -0.4 is 5.32 Å². The molecule has 0 aromatic heterocycles. The van der Waals surface area contributed by atoms with E-state index < -0.39 is 11.6 Å². The Morgan fingerprint density at radius 1 is 0.929 bits per heavy atom. The summed E-state index contributed by atoms with van der Waals surface area (Å²) >= 11 is 0. The van der Waals surface area contributed by atoms with Crippen LogP contribution in [0.15, 0.2) is 24.3 Å². The average Bonchev–Trinajstić information content (AvgIpc) is 2.67. The minimum absolute atomic E-state index is 0. The standard InChI is InChI=1S/C10H7F2N.ClH/c11-7-3-5-6(4-8(7)12)10-2-1-9(5)13-10;/h1-4,9-10,13H;1H. The highest BCUT2D eigenvalue weighted by molar-refractivity contribution is 5.85. The maximum Gasteiger partial charge on any atom is 0.159 e. The van der Waals surface area contributed by atoms with Gasteiger partial charge in [0.1, 0.15) is 0 Å². The van der Waals surface area contributed by atoms with E-state index in [9.17, 15) is 8.78 Å². The Kier molecular flexibility index (Phi) is 2.09. The van der Waals surface area contributed by atoms with Crippen molar-refractivity contribution in [2.24, 2.45) is 0 Å². The van der Waals surface area contributed by atoms with E-state index in [4.69, 9.17) is 0 Å². The Labute approximate surface area is 86.2 Å². The van der Waals surface area contributed by atoms with Crippen LogP contribution in [0.1, 0.15) is 23.2 Å². The molecule has 0 aliphatic carbocycles. The summed E-state index contributed by atoms with van der Waals surface area (Å²) in [5, 5.41) is 3.20. The van der Waals surface area contributed by atoms with Gasteiger partial charge in [0.15, 0.2) is 11.6 Å². The molecule has 0 saturated carbocycles. The summed E-state index contributed by atoms with van der Waals surface area (Å²) < 4.78 is 25.7. The zero-order valence-electron chi connectivity index (χ0n) is 7.13. The van der Waals surface area contributed by atoms with Crippen molar-refractivity contribution >= 4 is 12.4 Å². The topological polar surface area (TPSA) is 12.0 Å². The molecular formula is C10H8ClF2N. The number of rotatable bonds is 0. The maximum absolute atomic E-state index is 12.9. The summed E-state index contributed by atoms with van der Waals surface area (Å²) in [4.78, 5) is 0. The molecule has 0 saturated heterocycles. The number of hydrogen-bond acceptors (Lipinski definition) is 1. The van der Waals surface area contributed by atoms with Gasteiger partial charge in [-0.2, -0.15) is 0 Å². The largest absolute Gasteiger partial charge is 0.296 e. The molecule has 1 aromatic carbocycles. The normalized spacial score (nSPS) is 26.1. The van der Waals surface area contributed by atoms with Crippen LogP contribution in [0.4, 0.5) is 8.78 Å². The van der Waals surface area contributed by atoms with E-state index in [1.54, 1.807) is 0 Å². The van der Waals surface area contributed by atoms with Crippen molar-refractivity contribution in [3.8, 4) is 0 Å². The molecule has 2 unspecified atom stereocenters. The van der Waals surface area contributed by atoms with Gasteiger partial charge in [0.05, 0.1) is 12.1 Å². The lowest BCUT2D eigenvalue weighted by Gasteiger charge is -2.08. The molecular weight excluding hydrogens is 208 g/mol. The first-order chi connectivity index (χ1) is 6.25. The van der Waals surface area contributed by atoms with E-state index in [0.717, 1.165) is 11.1 Å². The molecule has 2 aliphatic rings. The van der Waals surface area contributed by atoms with Gasteiger partial charge >= 0.3 is 0 Å². The van der Waals surface area contributed by atoms with E-state index in [-0.39, 0.29) is 24.5 Å². The highest BCUT2D eigenvalue weighted by Crippen LogP contribution is 2.40. The van der Waals surface area contributed by atoms with Gasteiger partial charge in [-0.1, -0.05) is 12.2 Å². The van der Waals surface area contributed by atoms with Gasteiger partial charge in [-0.05, 0) is 23.3 Å². The smallest absolute Gasteiger partial charge is 0.159 e. The van der Waals surface area contributed by atoms with E-state index in [1.165, 1.54) is 12.1 Å². The molecule has 2 heterocycles. The Morgan fingerprint density at radius 3 is 1.79 bits per heavy atom. The fourth-order valence-corrected chi connectivity index (χ4v) is 2.03. The molecule has 1 aromatic rings. The van der Waals surface area contributed by atoms with Crippen molar-refractivity contribution in [1.29, 1.82) is 0 Å². The van der Waals surface area contributed by atoms with Gasteiger partial charge < -0.3 is 0 Å². The van der Waals surface area contributed by atoms with Crippen LogP contribution in [-0.2, 0) is 0 Å². The van der Waals surface area contributed by atoms with Crippen molar-refractivity contribution in [3.05, 3.63) is 47.0 Å². The fourth-order valence-electron chi connectivity index (χ4n) is 2.03. The van der Waals surface area contributed by atoms with Gasteiger partial charge in [0.25, 0.3) is 0 Å². The monoisotopic (exact) mass is 215 g/mol. The molecule has 0 amide bonds. The lowest BCUT2D eigenvalue weighted by molar-refractivity contribution is 0.506. The lowest BCUT2D eigenvalue weighted by atomic mass is 9.97. The molecule has 0 spiro atoms. The number of fused-ring (bicyclic) bond motifs is 5. The highest BCUT2D eigenvalue weighted by Gasteiger charge is 2.32. The minimum atomic E-state index is -0.762. The average molecular weight is 216 g/mol. The van der Waals surface area contributed by atoms with E-state index in [1.807, 2.05) is 12.2 Å². The van der Waals surface area contributed by atoms with Gasteiger partial charge in [-0.15, -0.1) is 12.4 Å². The fraction of sp³-hybridized carbons (Fsp3) is 0.200. The van der Waals surface area contributed by atoms with Crippen LogP contribution in [-0.4, -0.2) is 0 Å². The van der Waals surface area contributed by atoms with Crippen molar-refractivity contribution in [3.63, 3.8) is 0 Å². The second-order valence-electron chi connectivity index (χ2n) is 3.40. The molecule has 2 aliphatic heterocycles. The van der Waals surface area contributed by atoms with Gasteiger partial charge in [-0.25, -0.2) is 8.78 Å². The number of hydrogen-bond donors (Lipinski definition) is 1. The van der Waals surface area contributed by atoms with Crippen LogP contribution in [0.5, 0.6) is 0 Å². The Balaban J connectivity index is 0.000000750. The number of halogens is 3. The first kappa shape index (κ1) is 9.62. The molecule has 4 heteroatoms. The van der Waals surface area contributed by atoms with Crippen LogP contribution in [0, 0.1) is 11.6 Å². The van der Waals surface area contributed by atoms with Crippen molar-refractivity contribution in [2.45, 2.75) is 12.1 Å². The van der Waals surface area contributed by atoms with Crippen LogP contribution in [0.3, 0.4) is 0 Å². The Hall–Kier alpha value is -0.930. The summed E-state index contributed by atoms with van der Waals surface area (Å²) in [5.41, 5.74) is 1.73. The Morgan fingerprint density at radius 2 is 1.36 bits per heavy atom. The number of nitrogens with one attached hydrogen (secondary N) is 1. The highest BCUT2D eigenvalue weighted by atomic mass is 35.5. The zero-order chi connectivity index (χ0) is 9.00. The Bertz CT molecular complexity index is 380. The van der Waals surface area contributed by atoms with Crippen molar-refractivity contribution < 1.29 is 8.78 Å². The zero-order valence-corrected chi connectivity index (χ0v) is 7.94. The third-order valence-electron chi connectivity index (χ3n) is 2.65. The minimum Gasteiger partial charge on any atom is -0.296 e. The summed E-state index contributed by atoms with van der Waals surface area (Å²) in [5.74, 6) is -1.52. The first-order valence-electron chi connectivity index (χ1n) is 4.19. The summed E-state index contributed by atoms with van der Waals surface area (Å²) in [6.45, 7) is 0. The molecule has 1 nitrogen and oxygen atoms in total. The summed E-state index contributed by atoms with van der Waals surface area (Å²) in [7, 11) is 0. The maximum atomic E-state index is 12.9. The third kappa shape index (κ3) is 1.09. The predicted molar refractivity (Wildman–Crippen MR) is 51.4 cm³/mol. The number of benzene rings is 1. The second kappa shape index (κ2) is 3.04. The molecule has 0 fully saturated rings. The summed E-state index contributed by atoms with van der Waals surface area (Å²) in [6, 6.07) is 2.72. The first-order valence-corrected chi connectivity index (χ1v) is 4.19. The molecule has 14 heavy (non-hydrogen) atoms. The molecule has 2 bridgehead atoms. The van der Waals surface area contributed by atoms with Crippen LogP contribution >= 0.6 is 12.4 Å². The molecule has 3 rings (SSSR count). The van der Waals surface area contributed by atoms with Crippen molar-refractivity contribution in [2.75, 3.05) is 0 Å². The summed E-state index contributed by atoms with van der Waals surface area (Å²) in [6.07, 6.45) is 3.95. The third-order valence-corrected chi connectivity index (χ3v) is 2.65. The molecule has 0 radical (unpaired) electrons. The van der Waals surface area contributed by atoms with Gasteiger partial charge in [-0.3, -0.25) is 5.32 Å². The van der Waals surface area contributed by atoms with Crippen LogP contribution in [0.2, 0.25) is 0 Å². The van der Waals surface area contributed by atoms with Crippen molar-refractivity contribution in [1.82, 2.24) is 5.32 Å². The molecule has 2 atom stereocenters. The second-order valence-corrected chi connectivity index (χ2v) is 3.40. The molecule has 74 valence electrons. The lowest BCUT2D eigenvalue weighted by Crippen LogP contribution is -2.07. The van der Waals surface area contributed by atoms with Gasteiger partial charge in [0.2, 0.25) is 0 Å². The predicted octanol–water partition coefficient (Wildman–Crippen LogP) is 2.64. The molecule has 1 N–H and O–H groups in total.